The molecule has 2 N–H and O–H groups in total. The van der Waals surface area contributed by atoms with Crippen LogP contribution < -0.4 is 10.6 Å². The second kappa shape index (κ2) is 6.07. The molecule has 0 aliphatic heterocycles. The molecule has 6 nitrogen and oxygen atoms in total. The Morgan fingerprint density at radius 3 is 3.10 bits per heavy atom. The zero-order chi connectivity index (χ0) is 14.8. The quantitative estimate of drug-likeness (QED) is 0.623. The second-order valence-electron chi connectivity index (χ2n) is 4.99. The molecule has 0 spiro atoms. The zero-order valence-electron chi connectivity index (χ0n) is 11.9. The van der Waals surface area contributed by atoms with Crippen LogP contribution in [0.4, 0.5) is 11.1 Å². The Morgan fingerprint density at radius 1 is 1.57 bits per heavy atom. The molecule has 1 fully saturated rings. The van der Waals surface area contributed by atoms with Crippen LogP contribution in [-0.2, 0) is 12.3 Å². The predicted molar refractivity (Wildman–Crippen MR) is 87.7 cm³/mol. The van der Waals surface area contributed by atoms with Gasteiger partial charge in [0.05, 0.1) is 5.69 Å². The van der Waals surface area contributed by atoms with E-state index in [1.165, 1.54) is 12.8 Å². The van der Waals surface area contributed by atoms with Crippen molar-refractivity contribution in [2.45, 2.75) is 36.3 Å². The average Bonchev–Trinajstić information content (AvgIpc) is 3.13. The second-order valence-corrected chi connectivity index (χ2v) is 6.77. The Balaban J connectivity index is 1.63. The Hall–Kier alpha value is -1.54. The van der Waals surface area contributed by atoms with Crippen LogP contribution in [0.5, 0.6) is 0 Å². The van der Waals surface area contributed by atoms with Crippen LogP contribution in [0.25, 0.3) is 0 Å². The minimum absolute atomic E-state index is 0.421. The Kier molecular flexibility index (Phi) is 4.16. The molecule has 0 aromatic carbocycles. The number of thioether (sulfide) groups is 1. The molecule has 2 heterocycles. The number of hydrogen-bond acceptors (Lipinski definition) is 7. The number of hydrogen-bond donors (Lipinski definition) is 1. The van der Waals surface area contributed by atoms with Crippen molar-refractivity contribution < 1.29 is 0 Å². The number of nitrogens with two attached hydrogens (primary N) is 1. The fourth-order valence-corrected chi connectivity index (χ4v) is 3.80. The first-order valence-corrected chi connectivity index (χ1v) is 8.65. The van der Waals surface area contributed by atoms with Crippen molar-refractivity contribution in [3.8, 4) is 0 Å². The summed E-state index contributed by atoms with van der Waals surface area (Å²) in [6.45, 7) is 4.34. The number of nitrogen functional groups attached to an aromatic ring is 1. The topological polar surface area (TPSA) is 72.9 Å². The fourth-order valence-electron chi connectivity index (χ4n) is 1.99. The van der Waals surface area contributed by atoms with Crippen LogP contribution in [0.3, 0.4) is 0 Å². The number of nitrogens with zero attached hydrogens (tertiary/aromatic N) is 5. The van der Waals surface area contributed by atoms with Gasteiger partial charge in [0.1, 0.15) is 0 Å². The number of aromatic nitrogens is 4. The van der Waals surface area contributed by atoms with E-state index in [9.17, 15) is 0 Å². The SMILES string of the molecule is C=CCn1c(N)nnc1SCc1csc(N(C)C2CC2)n1. The summed E-state index contributed by atoms with van der Waals surface area (Å²) in [4.78, 5) is 6.96. The number of thiazole rings is 1. The van der Waals surface area contributed by atoms with Gasteiger partial charge in [0.25, 0.3) is 0 Å². The van der Waals surface area contributed by atoms with Gasteiger partial charge in [-0.05, 0) is 12.8 Å². The molecule has 0 atom stereocenters. The first kappa shape index (κ1) is 14.4. The summed E-state index contributed by atoms with van der Waals surface area (Å²) in [6.07, 6.45) is 4.35. The Morgan fingerprint density at radius 2 is 2.38 bits per heavy atom. The van der Waals surface area contributed by atoms with Crippen LogP contribution in [0.2, 0.25) is 0 Å². The largest absolute Gasteiger partial charge is 0.368 e. The lowest BCUT2D eigenvalue weighted by Gasteiger charge is -2.13. The summed E-state index contributed by atoms with van der Waals surface area (Å²) in [6, 6.07) is 0.687. The van der Waals surface area contributed by atoms with Crippen LogP contribution in [0.15, 0.2) is 23.2 Å². The normalized spacial score (nSPS) is 14.3. The van der Waals surface area contributed by atoms with Crippen LogP contribution in [0, 0.1) is 0 Å². The monoisotopic (exact) mass is 322 g/mol. The summed E-state index contributed by atoms with van der Waals surface area (Å²) in [7, 11) is 2.12. The maximum atomic E-state index is 5.79. The summed E-state index contributed by atoms with van der Waals surface area (Å²) in [5.41, 5.74) is 6.86. The number of allylic oxidation sites excluding steroid dienone is 1. The minimum atomic E-state index is 0.421. The molecule has 112 valence electrons. The molecule has 0 bridgehead atoms. The maximum Gasteiger partial charge on any atom is 0.222 e. The van der Waals surface area contributed by atoms with Crippen molar-refractivity contribution in [1.29, 1.82) is 0 Å². The number of anilines is 2. The molecule has 8 heteroatoms. The van der Waals surface area contributed by atoms with E-state index in [0.717, 1.165) is 21.7 Å². The van der Waals surface area contributed by atoms with Gasteiger partial charge in [-0.2, -0.15) is 0 Å². The highest BCUT2D eigenvalue weighted by atomic mass is 32.2. The van der Waals surface area contributed by atoms with Crippen molar-refractivity contribution in [3.05, 3.63) is 23.7 Å². The third kappa shape index (κ3) is 3.21. The zero-order valence-corrected chi connectivity index (χ0v) is 13.5. The molecule has 2 aromatic heterocycles. The van der Waals surface area contributed by atoms with Crippen LogP contribution >= 0.6 is 23.1 Å². The predicted octanol–water partition coefficient (Wildman–Crippen LogP) is 2.39. The first-order valence-electron chi connectivity index (χ1n) is 6.78. The van der Waals surface area contributed by atoms with E-state index in [2.05, 4.69) is 39.1 Å². The van der Waals surface area contributed by atoms with E-state index in [1.807, 2.05) is 4.57 Å². The molecule has 0 unspecified atom stereocenters. The minimum Gasteiger partial charge on any atom is -0.368 e. The molecule has 2 aromatic rings. The molecular weight excluding hydrogens is 304 g/mol. The van der Waals surface area contributed by atoms with Gasteiger partial charge in [0, 0.05) is 30.8 Å². The molecule has 1 aliphatic carbocycles. The molecule has 0 radical (unpaired) electrons. The van der Waals surface area contributed by atoms with Crippen molar-refractivity contribution in [2.24, 2.45) is 0 Å². The Bertz CT molecular complexity index is 630. The van der Waals surface area contributed by atoms with Crippen molar-refractivity contribution >= 4 is 34.2 Å². The third-order valence-electron chi connectivity index (χ3n) is 3.34. The van der Waals surface area contributed by atoms with E-state index in [0.29, 0.717) is 18.5 Å². The highest BCUT2D eigenvalue weighted by Gasteiger charge is 2.27. The lowest BCUT2D eigenvalue weighted by atomic mass is 10.6. The standard InChI is InChI=1S/C13H18N6S2/c1-3-6-19-11(14)16-17-13(19)21-8-9-7-20-12(15-9)18(2)10-4-5-10/h3,7,10H,1,4-6,8H2,2H3,(H2,14,16). The van der Waals surface area contributed by atoms with Crippen molar-refractivity contribution in [1.82, 2.24) is 19.7 Å². The van der Waals surface area contributed by atoms with Crippen molar-refractivity contribution in [2.75, 3.05) is 17.7 Å². The molecule has 0 saturated heterocycles. The van der Waals surface area contributed by atoms with Gasteiger partial charge in [-0.15, -0.1) is 28.1 Å². The van der Waals surface area contributed by atoms with Gasteiger partial charge in [0.2, 0.25) is 5.95 Å². The van der Waals surface area contributed by atoms with Crippen LogP contribution in [0.1, 0.15) is 18.5 Å². The van der Waals surface area contributed by atoms with Gasteiger partial charge in [0.15, 0.2) is 10.3 Å². The smallest absolute Gasteiger partial charge is 0.222 e. The summed E-state index contributed by atoms with van der Waals surface area (Å²) in [5.74, 6) is 1.19. The fraction of sp³-hybridized carbons (Fsp3) is 0.462. The summed E-state index contributed by atoms with van der Waals surface area (Å²) in [5, 5.41) is 12.0. The van der Waals surface area contributed by atoms with Crippen LogP contribution in [-0.4, -0.2) is 32.8 Å². The molecule has 1 aliphatic rings. The van der Waals surface area contributed by atoms with Gasteiger partial charge in [-0.3, -0.25) is 4.57 Å². The number of rotatable bonds is 7. The molecular formula is C13H18N6S2. The molecule has 21 heavy (non-hydrogen) atoms. The highest BCUT2D eigenvalue weighted by Crippen LogP contribution is 2.33. The van der Waals surface area contributed by atoms with E-state index >= 15 is 0 Å². The molecule has 0 amide bonds. The van der Waals surface area contributed by atoms with Gasteiger partial charge in [-0.1, -0.05) is 17.8 Å². The Labute approximate surface area is 132 Å². The maximum absolute atomic E-state index is 5.79. The van der Waals surface area contributed by atoms with Crippen molar-refractivity contribution in [3.63, 3.8) is 0 Å². The average molecular weight is 322 g/mol. The van der Waals surface area contributed by atoms with E-state index < -0.39 is 0 Å². The van der Waals surface area contributed by atoms with Gasteiger partial charge in [-0.25, -0.2) is 4.98 Å². The van der Waals surface area contributed by atoms with Gasteiger partial charge >= 0.3 is 0 Å². The van der Waals surface area contributed by atoms with E-state index in [-0.39, 0.29) is 0 Å². The van der Waals surface area contributed by atoms with Gasteiger partial charge < -0.3 is 10.6 Å². The van der Waals surface area contributed by atoms with E-state index in [4.69, 9.17) is 5.73 Å². The highest BCUT2D eigenvalue weighted by molar-refractivity contribution is 7.98. The van der Waals surface area contributed by atoms with E-state index in [1.54, 1.807) is 29.2 Å². The third-order valence-corrected chi connectivity index (χ3v) is 5.32. The first-order chi connectivity index (χ1) is 10.2. The molecule has 3 rings (SSSR count). The molecule has 1 saturated carbocycles. The lowest BCUT2D eigenvalue weighted by Crippen LogP contribution is -2.18. The summed E-state index contributed by atoms with van der Waals surface area (Å²) < 4.78 is 1.85. The summed E-state index contributed by atoms with van der Waals surface area (Å²) >= 11 is 3.30. The lowest BCUT2D eigenvalue weighted by molar-refractivity contribution is 0.733.